The molecule has 4 rings (SSSR count). The third kappa shape index (κ3) is 4.91. The minimum absolute atomic E-state index is 0.330. The lowest BCUT2D eigenvalue weighted by molar-refractivity contribution is 0.122. The van der Waals surface area contributed by atoms with Crippen LogP contribution in [0.25, 0.3) is 10.9 Å². The van der Waals surface area contributed by atoms with Crippen LogP contribution in [0.1, 0.15) is 30.9 Å². The highest BCUT2D eigenvalue weighted by molar-refractivity contribution is 5.78. The Kier molecular flexibility index (Phi) is 5.93. The van der Waals surface area contributed by atoms with E-state index >= 15 is 0 Å². The van der Waals surface area contributed by atoms with Crippen molar-refractivity contribution < 1.29 is 9.84 Å². The molecule has 2 atom stereocenters. The molecule has 2 N–H and O–H groups in total. The Bertz CT molecular complexity index is 906. The Morgan fingerprint density at radius 3 is 3.07 bits per heavy atom. The van der Waals surface area contributed by atoms with E-state index in [-0.39, 0.29) is 0 Å². The normalized spacial score (nSPS) is 19.0. The third-order valence-electron chi connectivity index (χ3n) is 5.43. The Morgan fingerprint density at radius 2 is 2.18 bits per heavy atom. The number of nitrogens with zero attached hydrogens (tertiary/aromatic N) is 2. The van der Waals surface area contributed by atoms with E-state index in [2.05, 4.69) is 45.4 Å². The molecule has 1 saturated heterocycles. The van der Waals surface area contributed by atoms with Crippen LogP contribution in [0.15, 0.2) is 48.7 Å². The summed E-state index contributed by atoms with van der Waals surface area (Å²) in [5, 5.41) is 17.7. The SMILES string of the molecule is C[C@@H](O)COc1cccc(CN2CCC[C@H](Cc3ccc4[nH]ncc4c3)C2)c1. The van der Waals surface area contributed by atoms with Gasteiger partial charge in [-0.05, 0) is 74.0 Å². The fourth-order valence-corrected chi connectivity index (χ4v) is 4.12. The number of aliphatic hydroxyl groups excluding tert-OH is 1. The first-order valence-electron chi connectivity index (χ1n) is 10.2. The molecular weight excluding hydrogens is 350 g/mol. The van der Waals surface area contributed by atoms with Gasteiger partial charge < -0.3 is 9.84 Å². The van der Waals surface area contributed by atoms with Crippen molar-refractivity contribution in [3.8, 4) is 5.75 Å². The lowest BCUT2D eigenvalue weighted by Gasteiger charge is -2.33. The number of ether oxygens (including phenoxy) is 1. The van der Waals surface area contributed by atoms with Gasteiger partial charge in [0.15, 0.2) is 0 Å². The fraction of sp³-hybridized carbons (Fsp3) is 0.435. The third-order valence-corrected chi connectivity index (χ3v) is 5.43. The fourth-order valence-electron chi connectivity index (χ4n) is 4.12. The minimum Gasteiger partial charge on any atom is -0.491 e. The van der Waals surface area contributed by atoms with Gasteiger partial charge in [0.25, 0.3) is 0 Å². The summed E-state index contributed by atoms with van der Waals surface area (Å²) in [5.74, 6) is 1.52. The van der Waals surface area contributed by atoms with Crippen molar-refractivity contribution in [3.05, 3.63) is 59.8 Å². The summed E-state index contributed by atoms with van der Waals surface area (Å²) in [5.41, 5.74) is 3.77. The number of aromatic nitrogens is 2. The largest absolute Gasteiger partial charge is 0.491 e. The highest BCUT2D eigenvalue weighted by atomic mass is 16.5. The van der Waals surface area contributed by atoms with E-state index in [9.17, 15) is 5.11 Å². The van der Waals surface area contributed by atoms with Gasteiger partial charge >= 0.3 is 0 Å². The van der Waals surface area contributed by atoms with Gasteiger partial charge in [-0.15, -0.1) is 0 Å². The first-order valence-corrected chi connectivity index (χ1v) is 10.2. The first-order chi connectivity index (χ1) is 13.7. The lowest BCUT2D eigenvalue weighted by atomic mass is 9.90. The molecule has 3 aromatic rings. The van der Waals surface area contributed by atoms with Crippen LogP contribution in [-0.4, -0.2) is 46.0 Å². The summed E-state index contributed by atoms with van der Waals surface area (Å²) in [6, 6.07) is 14.9. The number of hydrogen-bond donors (Lipinski definition) is 2. The van der Waals surface area contributed by atoms with E-state index in [0.717, 1.165) is 37.3 Å². The number of nitrogens with one attached hydrogen (secondary N) is 1. The predicted octanol–water partition coefficient (Wildman–Crippen LogP) is 3.78. The monoisotopic (exact) mass is 379 g/mol. The first kappa shape index (κ1) is 19.0. The summed E-state index contributed by atoms with van der Waals surface area (Å²) < 4.78 is 5.65. The molecule has 0 saturated carbocycles. The molecule has 28 heavy (non-hydrogen) atoms. The van der Waals surface area contributed by atoms with Gasteiger partial charge in [-0.25, -0.2) is 0 Å². The Morgan fingerprint density at radius 1 is 1.25 bits per heavy atom. The zero-order valence-corrected chi connectivity index (χ0v) is 16.5. The number of benzene rings is 2. The molecule has 0 bridgehead atoms. The molecule has 0 aliphatic carbocycles. The summed E-state index contributed by atoms with van der Waals surface area (Å²) in [4.78, 5) is 2.55. The Balaban J connectivity index is 1.35. The van der Waals surface area contributed by atoms with Gasteiger partial charge in [0.2, 0.25) is 0 Å². The second-order valence-corrected chi connectivity index (χ2v) is 8.05. The lowest BCUT2D eigenvalue weighted by Crippen LogP contribution is -2.35. The van der Waals surface area contributed by atoms with Crippen LogP contribution in [0, 0.1) is 5.92 Å². The molecule has 5 nitrogen and oxygen atoms in total. The summed E-state index contributed by atoms with van der Waals surface area (Å²) in [6.45, 7) is 5.29. The van der Waals surface area contributed by atoms with Crippen molar-refractivity contribution in [2.45, 2.75) is 38.8 Å². The number of hydrogen-bond acceptors (Lipinski definition) is 4. The number of rotatable bonds is 7. The summed E-state index contributed by atoms with van der Waals surface area (Å²) >= 11 is 0. The van der Waals surface area contributed by atoms with E-state index in [1.54, 1.807) is 6.92 Å². The highest BCUT2D eigenvalue weighted by Crippen LogP contribution is 2.24. The van der Waals surface area contributed by atoms with Crippen LogP contribution in [0.3, 0.4) is 0 Å². The smallest absolute Gasteiger partial charge is 0.119 e. The summed E-state index contributed by atoms with van der Waals surface area (Å²) in [7, 11) is 0. The van der Waals surface area contributed by atoms with Crippen LogP contribution in [0.2, 0.25) is 0 Å². The van der Waals surface area contributed by atoms with Gasteiger partial charge in [-0.3, -0.25) is 10.00 Å². The number of H-pyrrole nitrogens is 1. The van der Waals surface area contributed by atoms with Gasteiger partial charge in [-0.1, -0.05) is 18.2 Å². The number of likely N-dealkylation sites (tertiary alicyclic amines) is 1. The standard InChI is InChI=1S/C23H29N3O2/c1-17(27)16-28-22-6-2-4-20(12-22)15-26-9-3-5-19(14-26)10-18-7-8-23-21(11-18)13-24-25-23/h2,4,6-8,11-13,17,19,27H,3,5,9-10,14-16H2,1H3,(H,24,25)/t17-,19-/m1/s1. The Labute approximate surface area is 166 Å². The molecule has 1 aromatic heterocycles. The molecule has 0 unspecified atom stereocenters. The van der Waals surface area contributed by atoms with Crippen LogP contribution < -0.4 is 4.74 Å². The maximum atomic E-state index is 9.40. The second-order valence-electron chi connectivity index (χ2n) is 8.05. The molecule has 2 heterocycles. The molecule has 2 aromatic carbocycles. The maximum Gasteiger partial charge on any atom is 0.119 e. The quantitative estimate of drug-likeness (QED) is 0.656. The average Bonchev–Trinajstić information content (AvgIpc) is 3.15. The molecule has 5 heteroatoms. The molecule has 0 radical (unpaired) electrons. The van der Waals surface area contributed by atoms with Gasteiger partial charge in [0.1, 0.15) is 12.4 Å². The second kappa shape index (κ2) is 8.76. The number of fused-ring (bicyclic) bond motifs is 1. The van der Waals surface area contributed by atoms with Crippen LogP contribution in [0.5, 0.6) is 5.75 Å². The van der Waals surface area contributed by atoms with Crippen molar-refractivity contribution in [2.75, 3.05) is 19.7 Å². The van der Waals surface area contributed by atoms with Crippen molar-refractivity contribution >= 4 is 10.9 Å². The van der Waals surface area contributed by atoms with E-state index in [0.29, 0.717) is 12.5 Å². The van der Waals surface area contributed by atoms with E-state index in [1.165, 1.54) is 29.4 Å². The zero-order chi connectivity index (χ0) is 19.3. The molecule has 0 spiro atoms. The average molecular weight is 380 g/mol. The molecule has 1 aliphatic rings. The molecule has 1 fully saturated rings. The number of aliphatic hydroxyl groups is 1. The molecule has 1 aliphatic heterocycles. The highest BCUT2D eigenvalue weighted by Gasteiger charge is 2.20. The number of aromatic amines is 1. The molecule has 148 valence electrons. The van der Waals surface area contributed by atoms with Gasteiger partial charge in [0.05, 0.1) is 17.8 Å². The van der Waals surface area contributed by atoms with Gasteiger partial charge in [-0.2, -0.15) is 5.10 Å². The van der Waals surface area contributed by atoms with E-state index in [4.69, 9.17) is 4.74 Å². The maximum absolute atomic E-state index is 9.40. The van der Waals surface area contributed by atoms with Gasteiger partial charge in [0, 0.05) is 18.5 Å². The zero-order valence-electron chi connectivity index (χ0n) is 16.5. The Hall–Kier alpha value is -2.37. The van der Waals surface area contributed by atoms with Crippen LogP contribution >= 0.6 is 0 Å². The summed E-state index contributed by atoms with van der Waals surface area (Å²) in [6.07, 6.45) is 5.11. The topological polar surface area (TPSA) is 61.4 Å². The predicted molar refractivity (Wildman–Crippen MR) is 111 cm³/mol. The van der Waals surface area contributed by atoms with E-state index < -0.39 is 6.10 Å². The molecular formula is C23H29N3O2. The van der Waals surface area contributed by atoms with Crippen LogP contribution in [0.4, 0.5) is 0 Å². The van der Waals surface area contributed by atoms with Crippen molar-refractivity contribution in [1.82, 2.24) is 15.1 Å². The van der Waals surface area contributed by atoms with Crippen molar-refractivity contribution in [3.63, 3.8) is 0 Å². The van der Waals surface area contributed by atoms with Crippen LogP contribution in [-0.2, 0) is 13.0 Å². The number of piperidine rings is 1. The van der Waals surface area contributed by atoms with Crippen molar-refractivity contribution in [2.24, 2.45) is 5.92 Å². The van der Waals surface area contributed by atoms with E-state index in [1.807, 2.05) is 18.3 Å². The molecule has 0 amide bonds. The minimum atomic E-state index is -0.451. The van der Waals surface area contributed by atoms with Crippen molar-refractivity contribution in [1.29, 1.82) is 0 Å².